The van der Waals surface area contributed by atoms with Crippen molar-refractivity contribution in [2.45, 2.75) is 12.8 Å². The normalized spacial score (nSPS) is 13.6. The van der Waals surface area contributed by atoms with Gasteiger partial charge in [-0.1, -0.05) is 19.1 Å². The first-order valence-electron chi connectivity index (χ1n) is 5.13. The molecule has 0 radical (unpaired) electrons. The van der Waals surface area contributed by atoms with Gasteiger partial charge in [-0.25, -0.2) is 4.79 Å². The van der Waals surface area contributed by atoms with Crippen molar-refractivity contribution in [1.82, 2.24) is 0 Å². The van der Waals surface area contributed by atoms with Crippen molar-refractivity contribution in [2.24, 2.45) is 5.92 Å². The topological polar surface area (TPSA) is 112 Å². The smallest absolute Gasteiger partial charge is 0.335 e. The summed E-state index contributed by atoms with van der Waals surface area (Å²) in [5, 5.41) is 26.6. The van der Waals surface area contributed by atoms with Crippen molar-refractivity contribution in [3.05, 3.63) is 35.4 Å². The largest absolute Gasteiger partial charge is 0.481 e. The molecule has 0 fully saturated rings. The van der Waals surface area contributed by atoms with Crippen LogP contribution in [0.1, 0.15) is 28.8 Å². The van der Waals surface area contributed by atoms with E-state index in [2.05, 4.69) is 0 Å². The summed E-state index contributed by atoms with van der Waals surface area (Å²) in [5.74, 6) is -5.90. The maximum Gasteiger partial charge on any atom is 0.335 e. The van der Waals surface area contributed by atoms with Gasteiger partial charge in [-0.15, -0.1) is 0 Å². The van der Waals surface area contributed by atoms with Crippen LogP contribution in [0.5, 0.6) is 0 Å². The van der Waals surface area contributed by atoms with Crippen molar-refractivity contribution in [1.29, 1.82) is 0 Å². The third-order valence-corrected chi connectivity index (χ3v) is 2.67. The molecule has 0 spiro atoms. The highest BCUT2D eigenvalue weighted by Gasteiger charge is 2.31. The summed E-state index contributed by atoms with van der Waals surface area (Å²) in [4.78, 5) is 32.6. The molecular weight excluding hydrogens is 240 g/mol. The quantitative estimate of drug-likeness (QED) is 0.727. The Balaban J connectivity index is 3.11. The van der Waals surface area contributed by atoms with E-state index in [4.69, 9.17) is 15.3 Å². The van der Waals surface area contributed by atoms with E-state index in [1.165, 1.54) is 31.2 Å². The first-order chi connectivity index (χ1) is 8.34. The van der Waals surface area contributed by atoms with Crippen LogP contribution >= 0.6 is 0 Å². The van der Waals surface area contributed by atoms with E-state index in [1.807, 2.05) is 0 Å². The number of aliphatic carboxylic acids is 2. The van der Waals surface area contributed by atoms with E-state index in [0.717, 1.165) is 0 Å². The molecular formula is C12H12O6. The Labute approximate surface area is 102 Å². The minimum absolute atomic E-state index is 0.0193. The maximum atomic E-state index is 11.1. The van der Waals surface area contributed by atoms with Crippen LogP contribution in [0.3, 0.4) is 0 Å². The van der Waals surface area contributed by atoms with Crippen molar-refractivity contribution in [2.75, 3.05) is 0 Å². The molecule has 6 heteroatoms. The Kier molecular flexibility index (Phi) is 4.04. The Morgan fingerprint density at radius 3 is 1.78 bits per heavy atom. The average Bonchev–Trinajstić information content (AvgIpc) is 2.29. The maximum absolute atomic E-state index is 11.1. The predicted octanol–water partition coefficient (Wildman–Crippen LogP) is 1.27. The van der Waals surface area contributed by atoms with E-state index in [-0.39, 0.29) is 11.1 Å². The highest BCUT2D eigenvalue weighted by molar-refractivity contribution is 5.88. The van der Waals surface area contributed by atoms with Gasteiger partial charge < -0.3 is 15.3 Å². The van der Waals surface area contributed by atoms with Gasteiger partial charge in [0.25, 0.3) is 0 Å². The molecule has 1 aromatic carbocycles. The molecule has 0 bridgehead atoms. The molecule has 1 rings (SSSR count). The van der Waals surface area contributed by atoms with Gasteiger partial charge in [0, 0.05) is 0 Å². The lowest BCUT2D eigenvalue weighted by Crippen LogP contribution is -2.25. The molecule has 0 saturated carbocycles. The lowest BCUT2D eigenvalue weighted by atomic mass is 9.87. The first kappa shape index (κ1) is 13.7. The first-order valence-corrected chi connectivity index (χ1v) is 5.13. The summed E-state index contributed by atoms with van der Waals surface area (Å²) >= 11 is 0. The van der Waals surface area contributed by atoms with Crippen LogP contribution in [0.25, 0.3) is 0 Å². The molecule has 2 unspecified atom stereocenters. The summed E-state index contributed by atoms with van der Waals surface area (Å²) < 4.78 is 0. The Bertz CT molecular complexity index is 476. The Hall–Kier alpha value is -2.37. The Morgan fingerprint density at radius 1 is 0.944 bits per heavy atom. The van der Waals surface area contributed by atoms with Crippen molar-refractivity contribution in [3.8, 4) is 0 Å². The molecule has 0 amide bonds. The molecule has 0 aliphatic carbocycles. The molecule has 18 heavy (non-hydrogen) atoms. The molecule has 1 aromatic rings. The van der Waals surface area contributed by atoms with E-state index < -0.39 is 29.7 Å². The number of rotatable bonds is 5. The minimum atomic E-state index is -1.26. The number of carboxylic acids is 3. The summed E-state index contributed by atoms with van der Waals surface area (Å²) in [6, 6.07) is 5.15. The highest BCUT2D eigenvalue weighted by Crippen LogP contribution is 2.25. The fourth-order valence-electron chi connectivity index (χ4n) is 1.62. The van der Waals surface area contributed by atoms with E-state index in [1.54, 1.807) is 0 Å². The molecule has 0 aliphatic rings. The van der Waals surface area contributed by atoms with Gasteiger partial charge >= 0.3 is 17.9 Å². The molecule has 96 valence electrons. The van der Waals surface area contributed by atoms with Crippen LogP contribution in [0.4, 0.5) is 0 Å². The van der Waals surface area contributed by atoms with E-state index in [0.29, 0.717) is 0 Å². The summed E-state index contributed by atoms with van der Waals surface area (Å²) in [5.41, 5.74) is 0.285. The van der Waals surface area contributed by atoms with Crippen LogP contribution in [0, 0.1) is 5.92 Å². The molecule has 0 aromatic heterocycles. The van der Waals surface area contributed by atoms with Crippen molar-refractivity contribution < 1.29 is 29.7 Å². The zero-order chi connectivity index (χ0) is 13.9. The lowest BCUT2D eigenvalue weighted by molar-refractivity contribution is -0.149. The van der Waals surface area contributed by atoms with Crippen LogP contribution < -0.4 is 0 Å². The number of carboxylic acid groups (broad SMARTS) is 3. The van der Waals surface area contributed by atoms with Gasteiger partial charge in [0.05, 0.1) is 17.4 Å². The van der Waals surface area contributed by atoms with Gasteiger partial charge in [-0.3, -0.25) is 9.59 Å². The van der Waals surface area contributed by atoms with E-state index >= 15 is 0 Å². The summed E-state index contributed by atoms with van der Waals surface area (Å²) in [6.45, 7) is 1.30. The molecule has 0 saturated heterocycles. The number of hydrogen-bond donors (Lipinski definition) is 3. The number of aromatic carboxylic acids is 1. The third-order valence-electron chi connectivity index (χ3n) is 2.67. The van der Waals surface area contributed by atoms with Gasteiger partial charge in [0.15, 0.2) is 0 Å². The number of benzene rings is 1. The van der Waals surface area contributed by atoms with Gasteiger partial charge in [0.2, 0.25) is 0 Å². The summed E-state index contributed by atoms with van der Waals surface area (Å²) in [6.07, 6.45) is 0. The molecule has 0 heterocycles. The molecule has 6 nitrogen and oxygen atoms in total. The predicted molar refractivity (Wildman–Crippen MR) is 60.6 cm³/mol. The summed E-state index contributed by atoms with van der Waals surface area (Å²) in [7, 11) is 0. The second-order valence-corrected chi connectivity index (χ2v) is 3.87. The second-order valence-electron chi connectivity index (χ2n) is 3.87. The third kappa shape index (κ3) is 2.85. The number of carbonyl (C=O) groups is 3. The van der Waals surface area contributed by atoms with Crippen LogP contribution in [0.15, 0.2) is 24.3 Å². The van der Waals surface area contributed by atoms with Gasteiger partial charge in [0.1, 0.15) is 0 Å². The monoisotopic (exact) mass is 252 g/mol. The number of hydrogen-bond acceptors (Lipinski definition) is 3. The van der Waals surface area contributed by atoms with Crippen molar-refractivity contribution >= 4 is 17.9 Å². The minimum Gasteiger partial charge on any atom is -0.481 e. The molecule has 0 aliphatic heterocycles. The zero-order valence-corrected chi connectivity index (χ0v) is 9.53. The fraction of sp³-hybridized carbons (Fsp3) is 0.250. The Morgan fingerprint density at radius 2 is 1.44 bits per heavy atom. The van der Waals surface area contributed by atoms with E-state index in [9.17, 15) is 14.4 Å². The van der Waals surface area contributed by atoms with Gasteiger partial charge in [-0.05, 0) is 17.7 Å². The molecule has 2 atom stereocenters. The molecule has 3 N–H and O–H groups in total. The SMILES string of the molecule is CC(C(=O)O)C(C(=O)O)c1ccc(C(=O)O)cc1. The van der Waals surface area contributed by atoms with Crippen LogP contribution in [-0.4, -0.2) is 33.2 Å². The highest BCUT2D eigenvalue weighted by atomic mass is 16.4. The average molecular weight is 252 g/mol. The second kappa shape index (κ2) is 5.31. The zero-order valence-electron chi connectivity index (χ0n) is 9.53. The van der Waals surface area contributed by atoms with Crippen LogP contribution in [-0.2, 0) is 9.59 Å². The van der Waals surface area contributed by atoms with Gasteiger partial charge in [-0.2, -0.15) is 0 Å². The van der Waals surface area contributed by atoms with Crippen molar-refractivity contribution in [3.63, 3.8) is 0 Å². The standard InChI is InChI=1S/C12H12O6/c1-6(10(13)14)9(12(17)18)7-2-4-8(5-3-7)11(15)16/h2-6,9H,1H3,(H,13,14)(H,15,16)(H,17,18). The fourth-order valence-corrected chi connectivity index (χ4v) is 1.62. The van der Waals surface area contributed by atoms with Crippen LogP contribution in [0.2, 0.25) is 0 Å². The lowest BCUT2D eigenvalue weighted by Gasteiger charge is -2.16.